The zero-order valence-corrected chi connectivity index (χ0v) is 13.1. The van der Waals surface area contributed by atoms with Gasteiger partial charge in [0.05, 0.1) is 0 Å². The summed E-state index contributed by atoms with van der Waals surface area (Å²) in [6, 6.07) is 6.32. The summed E-state index contributed by atoms with van der Waals surface area (Å²) >= 11 is 0. The van der Waals surface area contributed by atoms with Gasteiger partial charge < -0.3 is 14.8 Å². The number of aryl methyl sites for hydroxylation is 1. The molecule has 2 heterocycles. The van der Waals surface area contributed by atoms with Crippen LogP contribution in [0.3, 0.4) is 0 Å². The van der Waals surface area contributed by atoms with Gasteiger partial charge in [0.25, 0.3) is 0 Å². The lowest BCUT2D eigenvalue weighted by Crippen LogP contribution is -2.07. The SMILES string of the molecule is COCNc1cc2cc(C3=CC=CC(C)O3)cc(C)c2cn1. The number of nitrogens with zero attached hydrogens (tertiary/aromatic N) is 1. The van der Waals surface area contributed by atoms with Gasteiger partial charge in [0.2, 0.25) is 0 Å². The molecular weight excluding hydrogens is 276 g/mol. The third kappa shape index (κ3) is 2.97. The average Bonchev–Trinajstić information content (AvgIpc) is 2.52. The second-order valence-electron chi connectivity index (χ2n) is 5.43. The van der Waals surface area contributed by atoms with Crippen molar-refractivity contribution in [2.75, 3.05) is 19.2 Å². The van der Waals surface area contributed by atoms with Crippen LogP contribution in [0, 0.1) is 6.92 Å². The van der Waals surface area contributed by atoms with Crippen LogP contribution in [0.15, 0.2) is 42.6 Å². The first-order chi connectivity index (χ1) is 10.7. The zero-order chi connectivity index (χ0) is 15.5. The fourth-order valence-corrected chi connectivity index (χ4v) is 2.57. The molecule has 1 atom stereocenters. The highest BCUT2D eigenvalue weighted by molar-refractivity contribution is 5.89. The molecule has 4 heteroatoms. The molecule has 0 radical (unpaired) electrons. The number of allylic oxidation sites excluding steroid dienone is 2. The number of hydrogen-bond donors (Lipinski definition) is 1. The minimum absolute atomic E-state index is 0.104. The van der Waals surface area contributed by atoms with E-state index >= 15 is 0 Å². The third-order valence-electron chi connectivity index (χ3n) is 3.67. The van der Waals surface area contributed by atoms with Crippen LogP contribution in [-0.4, -0.2) is 24.9 Å². The van der Waals surface area contributed by atoms with Crippen molar-refractivity contribution in [1.82, 2.24) is 4.98 Å². The van der Waals surface area contributed by atoms with E-state index in [-0.39, 0.29) is 6.10 Å². The third-order valence-corrected chi connectivity index (χ3v) is 3.67. The summed E-state index contributed by atoms with van der Waals surface area (Å²) in [4.78, 5) is 4.41. The van der Waals surface area contributed by atoms with Crippen LogP contribution >= 0.6 is 0 Å². The molecule has 1 aromatic heterocycles. The van der Waals surface area contributed by atoms with Gasteiger partial charge >= 0.3 is 0 Å². The summed E-state index contributed by atoms with van der Waals surface area (Å²) in [5.74, 6) is 1.71. The second kappa shape index (κ2) is 6.20. The van der Waals surface area contributed by atoms with Crippen LogP contribution in [0.25, 0.3) is 16.5 Å². The highest BCUT2D eigenvalue weighted by Crippen LogP contribution is 2.28. The first kappa shape index (κ1) is 14.6. The van der Waals surface area contributed by atoms with Crippen LogP contribution in [0.1, 0.15) is 18.1 Å². The van der Waals surface area contributed by atoms with E-state index in [1.54, 1.807) is 7.11 Å². The molecule has 0 saturated carbocycles. The molecule has 0 fully saturated rings. The highest BCUT2D eigenvalue weighted by Gasteiger charge is 2.11. The smallest absolute Gasteiger partial charge is 0.128 e. The van der Waals surface area contributed by atoms with Gasteiger partial charge in [-0.3, -0.25) is 0 Å². The Labute approximate surface area is 130 Å². The van der Waals surface area contributed by atoms with Gasteiger partial charge in [0.15, 0.2) is 0 Å². The molecule has 0 spiro atoms. The van der Waals surface area contributed by atoms with E-state index in [9.17, 15) is 0 Å². The van der Waals surface area contributed by atoms with E-state index in [0.29, 0.717) is 6.73 Å². The summed E-state index contributed by atoms with van der Waals surface area (Å²) < 4.78 is 10.9. The maximum atomic E-state index is 5.89. The van der Waals surface area contributed by atoms with E-state index in [1.807, 2.05) is 37.4 Å². The van der Waals surface area contributed by atoms with Crippen molar-refractivity contribution in [3.8, 4) is 0 Å². The molecule has 22 heavy (non-hydrogen) atoms. The molecule has 1 unspecified atom stereocenters. The predicted molar refractivity (Wildman–Crippen MR) is 89.6 cm³/mol. The Morgan fingerprint density at radius 1 is 1.32 bits per heavy atom. The lowest BCUT2D eigenvalue weighted by Gasteiger charge is -2.18. The number of hydrogen-bond acceptors (Lipinski definition) is 4. The van der Waals surface area contributed by atoms with Gasteiger partial charge in [-0.15, -0.1) is 0 Å². The number of aromatic nitrogens is 1. The predicted octanol–water partition coefficient (Wildman–Crippen LogP) is 3.87. The summed E-state index contributed by atoms with van der Waals surface area (Å²) in [7, 11) is 1.65. The van der Waals surface area contributed by atoms with Crippen LogP contribution < -0.4 is 5.32 Å². The van der Waals surface area contributed by atoms with Crippen molar-refractivity contribution in [2.45, 2.75) is 20.0 Å². The number of pyridine rings is 1. The number of ether oxygens (including phenoxy) is 2. The normalized spacial score (nSPS) is 17.2. The van der Waals surface area contributed by atoms with Crippen molar-refractivity contribution >= 4 is 22.3 Å². The number of nitrogens with one attached hydrogen (secondary N) is 1. The molecule has 1 aliphatic heterocycles. The zero-order valence-electron chi connectivity index (χ0n) is 13.1. The molecule has 0 saturated heterocycles. The molecule has 4 nitrogen and oxygen atoms in total. The molecule has 1 N–H and O–H groups in total. The van der Waals surface area contributed by atoms with Gasteiger partial charge in [-0.05, 0) is 55.1 Å². The first-order valence-corrected chi connectivity index (χ1v) is 7.36. The molecule has 0 amide bonds. The Hall–Kier alpha value is -2.33. The first-order valence-electron chi connectivity index (χ1n) is 7.36. The molecule has 114 valence electrons. The molecule has 3 rings (SSSR count). The molecule has 0 bridgehead atoms. The maximum absolute atomic E-state index is 5.89. The van der Waals surface area contributed by atoms with E-state index in [2.05, 4.69) is 29.4 Å². The van der Waals surface area contributed by atoms with Crippen LogP contribution in [0.5, 0.6) is 0 Å². The summed E-state index contributed by atoms with van der Waals surface area (Å²) in [6.07, 6.45) is 8.08. The topological polar surface area (TPSA) is 43.4 Å². The lowest BCUT2D eigenvalue weighted by atomic mass is 10.0. The van der Waals surface area contributed by atoms with E-state index in [0.717, 1.165) is 27.9 Å². The number of methoxy groups -OCH3 is 1. The Bertz CT molecular complexity index is 750. The van der Waals surface area contributed by atoms with Gasteiger partial charge in [-0.1, -0.05) is 6.08 Å². The summed E-state index contributed by atoms with van der Waals surface area (Å²) in [6.45, 7) is 4.57. The lowest BCUT2D eigenvalue weighted by molar-refractivity contribution is 0.221. The standard InChI is InChI=1S/C18H20N2O2/c1-12-7-15(17-6-4-5-13(2)22-17)8-14-9-18(20-11-21-3)19-10-16(12)14/h4-10,13H,11H2,1-3H3,(H,19,20). The van der Waals surface area contributed by atoms with Crippen molar-refractivity contribution in [3.63, 3.8) is 0 Å². The van der Waals surface area contributed by atoms with Crippen molar-refractivity contribution in [1.29, 1.82) is 0 Å². The van der Waals surface area contributed by atoms with Crippen LogP contribution in [-0.2, 0) is 9.47 Å². The Morgan fingerprint density at radius 3 is 2.95 bits per heavy atom. The van der Waals surface area contributed by atoms with E-state index in [4.69, 9.17) is 9.47 Å². The Morgan fingerprint density at radius 2 is 2.18 bits per heavy atom. The van der Waals surface area contributed by atoms with Crippen molar-refractivity contribution < 1.29 is 9.47 Å². The Kier molecular flexibility index (Phi) is 4.11. The molecule has 1 aliphatic rings. The quantitative estimate of drug-likeness (QED) is 0.870. The maximum Gasteiger partial charge on any atom is 0.128 e. The van der Waals surface area contributed by atoms with E-state index in [1.165, 1.54) is 5.56 Å². The number of anilines is 1. The summed E-state index contributed by atoms with van der Waals surface area (Å²) in [5, 5.41) is 5.40. The second-order valence-corrected chi connectivity index (χ2v) is 5.43. The monoisotopic (exact) mass is 296 g/mol. The number of rotatable bonds is 4. The summed E-state index contributed by atoms with van der Waals surface area (Å²) in [5.41, 5.74) is 2.27. The average molecular weight is 296 g/mol. The largest absolute Gasteiger partial charge is 0.486 e. The van der Waals surface area contributed by atoms with Crippen molar-refractivity contribution in [3.05, 3.63) is 53.8 Å². The van der Waals surface area contributed by atoms with E-state index < -0.39 is 0 Å². The van der Waals surface area contributed by atoms with Gasteiger partial charge in [-0.2, -0.15) is 0 Å². The minimum Gasteiger partial charge on any atom is -0.486 e. The van der Waals surface area contributed by atoms with Gasteiger partial charge in [0, 0.05) is 24.3 Å². The fraction of sp³-hybridized carbons (Fsp3) is 0.278. The molecule has 0 aliphatic carbocycles. The van der Waals surface area contributed by atoms with Gasteiger partial charge in [-0.25, -0.2) is 4.98 Å². The molecule has 1 aromatic carbocycles. The van der Waals surface area contributed by atoms with Crippen molar-refractivity contribution in [2.24, 2.45) is 0 Å². The highest BCUT2D eigenvalue weighted by atomic mass is 16.5. The Balaban J connectivity index is 2.02. The number of fused-ring (bicyclic) bond motifs is 1. The van der Waals surface area contributed by atoms with Gasteiger partial charge in [0.1, 0.15) is 24.4 Å². The number of benzene rings is 1. The van der Waals surface area contributed by atoms with Crippen LogP contribution in [0.2, 0.25) is 0 Å². The fourth-order valence-electron chi connectivity index (χ4n) is 2.57. The molecule has 2 aromatic rings. The van der Waals surface area contributed by atoms with Crippen LogP contribution in [0.4, 0.5) is 5.82 Å². The minimum atomic E-state index is 0.104. The molecular formula is C18H20N2O2.